The molecule has 2 rings (SSSR count). The van der Waals surface area contributed by atoms with Gasteiger partial charge in [-0.05, 0) is 11.8 Å². The lowest BCUT2D eigenvalue weighted by Gasteiger charge is -2.18. The molecule has 11 nitrogen and oxygen atoms in total. The minimum absolute atomic E-state index is 0.103. The van der Waals surface area contributed by atoms with Crippen LogP contribution in [-0.2, 0) is 0 Å². The Bertz CT molecular complexity index is 821. The molecule has 0 saturated heterocycles. The summed E-state index contributed by atoms with van der Waals surface area (Å²) < 4.78 is 10.5. The van der Waals surface area contributed by atoms with Gasteiger partial charge in [-0.15, -0.1) is 0 Å². The number of carbonyl (C=O) groups excluding carboxylic acids is 1. The van der Waals surface area contributed by atoms with Crippen LogP contribution in [0.1, 0.15) is 50.7 Å². The number of rotatable bonds is 8. The SMILES string of the molecule is CC(C)c1c(OO)cc(OO)cc1OC(=O)Oc1cc(OO)cc(OO)c1C(C)C. The minimum Gasteiger partial charge on any atom is -0.394 e. The van der Waals surface area contributed by atoms with E-state index >= 15 is 0 Å². The van der Waals surface area contributed by atoms with Crippen LogP contribution in [0.5, 0.6) is 34.5 Å². The van der Waals surface area contributed by atoms with Gasteiger partial charge in [0.2, 0.25) is 0 Å². The van der Waals surface area contributed by atoms with Crippen LogP contribution in [0.25, 0.3) is 0 Å². The van der Waals surface area contributed by atoms with Crippen LogP contribution >= 0.6 is 0 Å². The molecule has 30 heavy (non-hydrogen) atoms. The molecule has 0 fully saturated rings. The third-order valence-electron chi connectivity index (χ3n) is 4.10. The smallest absolute Gasteiger partial charge is 0.394 e. The van der Waals surface area contributed by atoms with Crippen molar-refractivity contribution in [3.8, 4) is 34.5 Å². The summed E-state index contributed by atoms with van der Waals surface area (Å²) in [5.41, 5.74) is 0.595. The molecule has 11 heteroatoms. The minimum atomic E-state index is -1.21. The van der Waals surface area contributed by atoms with Crippen LogP contribution in [0.4, 0.5) is 4.79 Å². The van der Waals surface area contributed by atoms with Crippen molar-refractivity contribution >= 4 is 6.16 Å². The van der Waals surface area contributed by atoms with Gasteiger partial charge in [0.15, 0.2) is 23.0 Å². The summed E-state index contributed by atoms with van der Waals surface area (Å²) in [6.45, 7) is 7.00. The van der Waals surface area contributed by atoms with Crippen molar-refractivity contribution in [1.82, 2.24) is 0 Å². The first kappa shape index (κ1) is 23.0. The molecule has 0 aliphatic rings. The molecule has 0 aliphatic carbocycles. The van der Waals surface area contributed by atoms with Gasteiger partial charge in [0.05, 0.1) is 0 Å². The Morgan fingerprint density at radius 2 is 0.967 bits per heavy atom. The summed E-state index contributed by atoms with van der Waals surface area (Å²) in [4.78, 5) is 29.3. The van der Waals surface area contributed by atoms with Crippen molar-refractivity contribution in [3.63, 3.8) is 0 Å². The maximum absolute atomic E-state index is 12.5. The normalized spacial score (nSPS) is 10.7. The van der Waals surface area contributed by atoms with E-state index in [1.165, 1.54) is 24.3 Å². The predicted molar refractivity (Wildman–Crippen MR) is 101 cm³/mol. The first-order chi connectivity index (χ1) is 14.2. The average Bonchev–Trinajstić information content (AvgIpc) is 2.71. The van der Waals surface area contributed by atoms with E-state index in [0.717, 1.165) is 0 Å². The second kappa shape index (κ2) is 9.98. The van der Waals surface area contributed by atoms with Crippen molar-refractivity contribution in [3.05, 3.63) is 35.4 Å². The van der Waals surface area contributed by atoms with Gasteiger partial charge in [-0.25, -0.2) is 25.8 Å². The van der Waals surface area contributed by atoms with Crippen molar-refractivity contribution in [1.29, 1.82) is 0 Å². The number of hydrogen-bond acceptors (Lipinski definition) is 11. The van der Waals surface area contributed by atoms with E-state index in [2.05, 4.69) is 19.6 Å². The maximum atomic E-state index is 12.5. The summed E-state index contributed by atoms with van der Waals surface area (Å²) in [5, 5.41) is 36.0. The van der Waals surface area contributed by atoms with Crippen LogP contribution in [0.3, 0.4) is 0 Å². The van der Waals surface area contributed by atoms with Gasteiger partial charge in [-0.2, -0.15) is 0 Å². The number of hydrogen-bond donors (Lipinski definition) is 4. The molecule has 0 spiro atoms. The summed E-state index contributed by atoms with van der Waals surface area (Å²) >= 11 is 0. The Balaban J connectivity index is 2.43. The number of benzene rings is 2. The first-order valence-corrected chi connectivity index (χ1v) is 8.76. The highest BCUT2D eigenvalue weighted by molar-refractivity contribution is 5.70. The van der Waals surface area contributed by atoms with Crippen LogP contribution in [0, 0.1) is 0 Å². The van der Waals surface area contributed by atoms with E-state index in [1.54, 1.807) is 27.7 Å². The maximum Gasteiger partial charge on any atom is 0.519 e. The van der Waals surface area contributed by atoms with Crippen LogP contribution in [-0.4, -0.2) is 27.2 Å². The molecule has 0 aromatic heterocycles. The van der Waals surface area contributed by atoms with E-state index in [0.29, 0.717) is 11.1 Å². The fourth-order valence-electron chi connectivity index (χ4n) is 2.92. The molecule has 2 aromatic carbocycles. The highest BCUT2D eigenvalue weighted by Gasteiger charge is 2.24. The number of ether oxygens (including phenoxy) is 2. The van der Waals surface area contributed by atoms with Crippen molar-refractivity contribution < 1.29 is 54.8 Å². The fourth-order valence-corrected chi connectivity index (χ4v) is 2.92. The second-order valence-electron chi connectivity index (χ2n) is 6.80. The molecule has 0 amide bonds. The zero-order chi connectivity index (χ0) is 22.4. The molecule has 0 unspecified atom stereocenters. The molecule has 0 saturated carbocycles. The van der Waals surface area contributed by atoms with Gasteiger partial charge in [0.1, 0.15) is 11.5 Å². The van der Waals surface area contributed by atoms with Gasteiger partial charge in [-0.1, -0.05) is 27.7 Å². The van der Waals surface area contributed by atoms with Gasteiger partial charge >= 0.3 is 6.16 Å². The molecule has 0 aliphatic heterocycles. The van der Waals surface area contributed by atoms with Gasteiger partial charge in [0.25, 0.3) is 0 Å². The second-order valence-corrected chi connectivity index (χ2v) is 6.80. The topological polar surface area (TPSA) is 153 Å². The highest BCUT2D eigenvalue weighted by Crippen LogP contribution is 2.41. The first-order valence-electron chi connectivity index (χ1n) is 8.76. The Hall–Kier alpha value is -3.25. The standard InChI is InChI=1S/C19H22O11/c1-9(2)17-13(5-11(27-21)7-15(17)29-23)25-19(20)26-14-6-12(28-22)8-16(30-24)18(14)10(3)4/h5-10,21-24H,1-4H3. The van der Waals surface area contributed by atoms with Crippen LogP contribution < -0.4 is 29.0 Å². The molecule has 0 heterocycles. The summed E-state index contributed by atoms with van der Waals surface area (Å²) in [5.74, 6) is -1.29. The molecule has 0 atom stereocenters. The average molecular weight is 426 g/mol. The van der Waals surface area contributed by atoms with Gasteiger partial charge in [0, 0.05) is 35.4 Å². The lowest BCUT2D eigenvalue weighted by Crippen LogP contribution is -2.17. The Morgan fingerprint density at radius 3 is 1.23 bits per heavy atom. The van der Waals surface area contributed by atoms with Crippen LogP contribution in [0.2, 0.25) is 0 Å². The molecule has 0 radical (unpaired) electrons. The zero-order valence-electron chi connectivity index (χ0n) is 16.6. The third-order valence-corrected chi connectivity index (χ3v) is 4.10. The molecule has 0 bridgehead atoms. The van der Waals surface area contributed by atoms with E-state index < -0.39 is 6.16 Å². The molecule has 2 aromatic rings. The summed E-state index contributed by atoms with van der Waals surface area (Å²) in [6.07, 6.45) is -1.21. The predicted octanol–water partition coefficient (Wildman–Crippen LogP) is 4.92. The highest BCUT2D eigenvalue weighted by atomic mass is 17.1. The Labute approximate surface area is 171 Å². The summed E-state index contributed by atoms with van der Waals surface area (Å²) in [6, 6.07) is 4.77. The van der Waals surface area contributed by atoms with Crippen molar-refractivity contribution in [2.24, 2.45) is 0 Å². The number of carbonyl (C=O) groups is 1. The van der Waals surface area contributed by atoms with E-state index in [-0.39, 0.29) is 46.3 Å². The Kier molecular flexibility index (Phi) is 7.66. The quantitative estimate of drug-likeness (QED) is 0.197. The van der Waals surface area contributed by atoms with E-state index in [4.69, 9.17) is 30.5 Å². The molecule has 4 N–H and O–H groups in total. The molecular weight excluding hydrogens is 404 g/mol. The van der Waals surface area contributed by atoms with E-state index in [9.17, 15) is 4.79 Å². The Morgan fingerprint density at radius 1 is 0.633 bits per heavy atom. The van der Waals surface area contributed by atoms with Crippen molar-refractivity contribution in [2.75, 3.05) is 0 Å². The molecule has 164 valence electrons. The lowest BCUT2D eigenvalue weighted by atomic mass is 10.0. The fraction of sp³-hybridized carbons (Fsp3) is 0.316. The van der Waals surface area contributed by atoms with Gasteiger partial charge in [-0.3, -0.25) is 0 Å². The summed E-state index contributed by atoms with van der Waals surface area (Å²) in [7, 11) is 0. The van der Waals surface area contributed by atoms with Gasteiger partial charge < -0.3 is 29.0 Å². The largest absolute Gasteiger partial charge is 0.519 e. The zero-order valence-corrected chi connectivity index (χ0v) is 16.6. The lowest BCUT2D eigenvalue weighted by molar-refractivity contribution is -0.145. The third kappa shape index (κ3) is 5.02. The monoisotopic (exact) mass is 426 g/mol. The van der Waals surface area contributed by atoms with Crippen LogP contribution in [0.15, 0.2) is 24.3 Å². The van der Waals surface area contributed by atoms with E-state index in [1.807, 2.05) is 0 Å². The molecular formula is C19H22O11. The van der Waals surface area contributed by atoms with Crippen molar-refractivity contribution in [2.45, 2.75) is 39.5 Å².